The van der Waals surface area contributed by atoms with Gasteiger partial charge >= 0.3 is 0 Å². The molecule has 0 aromatic carbocycles. The first-order valence-electron chi connectivity index (χ1n) is 7.19. The number of nitrogens with one attached hydrogen (secondary N) is 2. The van der Waals surface area contributed by atoms with E-state index in [4.69, 9.17) is 0 Å². The van der Waals surface area contributed by atoms with E-state index in [9.17, 15) is 8.42 Å². The Hall–Kier alpha value is -0.920. The zero-order chi connectivity index (χ0) is 14.8. The molecule has 6 nitrogen and oxygen atoms in total. The number of H-pyrrole nitrogens is 1. The zero-order valence-corrected chi connectivity index (χ0v) is 13.3. The molecule has 2 rings (SSSR count). The molecule has 2 N–H and O–H groups in total. The summed E-state index contributed by atoms with van der Waals surface area (Å²) in [6, 6.07) is 0. The van der Waals surface area contributed by atoms with Crippen LogP contribution in [0.3, 0.4) is 0 Å². The summed E-state index contributed by atoms with van der Waals surface area (Å²) in [5.74, 6) is 0.394. The van der Waals surface area contributed by atoms with Crippen LogP contribution < -0.4 is 5.32 Å². The van der Waals surface area contributed by atoms with E-state index >= 15 is 0 Å². The lowest BCUT2D eigenvalue weighted by molar-refractivity contribution is 0.297. The van der Waals surface area contributed by atoms with Gasteiger partial charge in [0.2, 0.25) is 10.0 Å². The molecule has 1 aromatic heterocycles. The molecule has 114 valence electrons. The minimum absolute atomic E-state index is 0.336. The molecule has 1 unspecified atom stereocenters. The van der Waals surface area contributed by atoms with E-state index in [1.54, 1.807) is 18.2 Å². The Balaban J connectivity index is 2.21. The molecule has 0 amide bonds. The van der Waals surface area contributed by atoms with Gasteiger partial charge in [-0.25, -0.2) is 8.42 Å². The molecule has 1 aliphatic heterocycles. The normalized spacial score (nSPS) is 20.5. The van der Waals surface area contributed by atoms with Crippen molar-refractivity contribution in [3.8, 4) is 0 Å². The smallest absolute Gasteiger partial charge is 0.246 e. The van der Waals surface area contributed by atoms with Crippen molar-refractivity contribution in [2.75, 3.05) is 26.2 Å². The summed E-state index contributed by atoms with van der Waals surface area (Å²) in [6.45, 7) is 8.37. The van der Waals surface area contributed by atoms with Gasteiger partial charge in [0.15, 0.2) is 0 Å². The molecule has 0 spiro atoms. The number of hydrogen-bond acceptors (Lipinski definition) is 4. The topological polar surface area (TPSA) is 78.1 Å². The van der Waals surface area contributed by atoms with Gasteiger partial charge in [-0.2, -0.15) is 9.40 Å². The van der Waals surface area contributed by atoms with E-state index < -0.39 is 10.0 Å². The average Bonchev–Trinajstić information content (AvgIpc) is 2.77. The lowest BCUT2D eigenvalue weighted by Crippen LogP contribution is -2.41. The second kappa shape index (κ2) is 6.24. The summed E-state index contributed by atoms with van der Waals surface area (Å²) >= 11 is 0. The van der Waals surface area contributed by atoms with Crippen LogP contribution in [0.15, 0.2) is 4.90 Å². The molecule has 1 saturated heterocycles. The van der Waals surface area contributed by atoms with Crippen molar-refractivity contribution in [3.05, 3.63) is 11.4 Å². The Morgan fingerprint density at radius 2 is 2.15 bits per heavy atom. The second-order valence-corrected chi connectivity index (χ2v) is 7.31. The highest BCUT2D eigenvalue weighted by Crippen LogP contribution is 2.23. The summed E-state index contributed by atoms with van der Waals surface area (Å²) in [7, 11) is -3.46. The van der Waals surface area contributed by atoms with Crippen molar-refractivity contribution >= 4 is 10.0 Å². The monoisotopic (exact) mass is 300 g/mol. The zero-order valence-electron chi connectivity index (χ0n) is 12.4. The highest BCUT2D eigenvalue weighted by Gasteiger charge is 2.30. The fraction of sp³-hybridized carbons (Fsp3) is 0.769. The van der Waals surface area contributed by atoms with E-state index in [-0.39, 0.29) is 0 Å². The fourth-order valence-electron chi connectivity index (χ4n) is 2.81. The summed E-state index contributed by atoms with van der Waals surface area (Å²) < 4.78 is 27.1. The first-order chi connectivity index (χ1) is 9.46. The molecule has 0 bridgehead atoms. The number of aromatic amines is 1. The van der Waals surface area contributed by atoms with Gasteiger partial charge in [-0.3, -0.25) is 5.10 Å². The predicted molar refractivity (Wildman–Crippen MR) is 78.1 cm³/mol. The minimum atomic E-state index is -3.46. The third-order valence-corrected chi connectivity index (χ3v) is 6.08. The predicted octanol–water partition coefficient (Wildman–Crippen LogP) is 1.04. The fourth-order valence-corrected chi connectivity index (χ4v) is 4.67. The van der Waals surface area contributed by atoms with Crippen LogP contribution in [0.1, 0.15) is 31.2 Å². The highest BCUT2D eigenvalue weighted by atomic mass is 32.2. The van der Waals surface area contributed by atoms with Gasteiger partial charge in [-0.05, 0) is 45.7 Å². The van der Waals surface area contributed by atoms with E-state index in [1.807, 2.05) is 6.92 Å². The van der Waals surface area contributed by atoms with E-state index in [0.29, 0.717) is 35.3 Å². The maximum atomic E-state index is 12.8. The Morgan fingerprint density at radius 3 is 2.65 bits per heavy atom. The van der Waals surface area contributed by atoms with Crippen molar-refractivity contribution in [1.82, 2.24) is 19.8 Å². The van der Waals surface area contributed by atoms with Crippen molar-refractivity contribution in [3.63, 3.8) is 0 Å². The number of hydrogen-bond donors (Lipinski definition) is 2. The average molecular weight is 300 g/mol. The Kier molecular flexibility index (Phi) is 4.82. The van der Waals surface area contributed by atoms with Gasteiger partial charge in [-0.1, -0.05) is 6.92 Å². The standard InChI is InChI=1S/C13H24N4O2S/c1-4-17(9-12-6-5-7-14-8-12)20(18,19)13-10(2)15-16-11(13)3/h12,14H,4-9H2,1-3H3,(H,15,16). The number of aromatic nitrogens is 2. The molecule has 1 atom stereocenters. The lowest BCUT2D eigenvalue weighted by atomic mass is 10.00. The molecule has 7 heteroatoms. The SMILES string of the molecule is CCN(CC1CCCNC1)S(=O)(=O)c1c(C)n[nH]c1C. The molecule has 0 aliphatic carbocycles. The quantitative estimate of drug-likeness (QED) is 0.851. The number of aryl methyl sites for hydroxylation is 2. The molecule has 1 fully saturated rings. The van der Waals surface area contributed by atoms with Crippen LogP contribution in [-0.4, -0.2) is 49.1 Å². The van der Waals surface area contributed by atoms with Gasteiger partial charge in [0.25, 0.3) is 0 Å². The first-order valence-corrected chi connectivity index (χ1v) is 8.63. The Labute approximate surface area is 121 Å². The van der Waals surface area contributed by atoms with Gasteiger partial charge in [0.1, 0.15) is 4.90 Å². The van der Waals surface area contributed by atoms with Crippen molar-refractivity contribution < 1.29 is 8.42 Å². The molecule has 2 heterocycles. The molecule has 20 heavy (non-hydrogen) atoms. The van der Waals surface area contributed by atoms with Crippen LogP contribution in [-0.2, 0) is 10.0 Å². The number of rotatable bonds is 5. The molecule has 1 aromatic rings. The summed E-state index contributed by atoms with van der Waals surface area (Å²) in [4.78, 5) is 0.336. The lowest BCUT2D eigenvalue weighted by Gasteiger charge is -2.29. The van der Waals surface area contributed by atoms with Crippen LogP contribution in [0.2, 0.25) is 0 Å². The van der Waals surface area contributed by atoms with Crippen LogP contribution in [0.25, 0.3) is 0 Å². The minimum Gasteiger partial charge on any atom is -0.316 e. The van der Waals surface area contributed by atoms with E-state index in [2.05, 4.69) is 15.5 Å². The van der Waals surface area contributed by atoms with Gasteiger partial charge in [0, 0.05) is 13.1 Å². The number of sulfonamides is 1. The molecule has 0 saturated carbocycles. The van der Waals surface area contributed by atoms with Gasteiger partial charge in [0.05, 0.1) is 11.4 Å². The van der Waals surface area contributed by atoms with Crippen LogP contribution in [0, 0.1) is 19.8 Å². The maximum Gasteiger partial charge on any atom is 0.246 e. The Bertz CT molecular complexity index is 527. The van der Waals surface area contributed by atoms with E-state index in [0.717, 1.165) is 25.9 Å². The molecule has 0 radical (unpaired) electrons. The van der Waals surface area contributed by atoms with Gasteiger partial charge < -0.3 is 5.32 Å². The number of nitrogens with zero attached hydrogens (tertiary/aromatic N) is 2. The Morgan fingerprint density at radius 1 is 1.40 bits per heavy atom. The summed E-state index contributed by atoms with van der Waals surface area (Å²) in [6.07, 6.45) is 2.20. The maximum absolute atomic E-state index is 12.8. The van der Waals surface area contributed by atoms with Crippen molar-refractivity contribution in [2.45, 2.75) is 38.5 Å². The highest BCUT2D eigenvalue weighted by molar-refractivity contribution is 7.89. The first kappa shape index (κ1) is 15.5. The van der Waals surface area contributed by atoms with Crippen LogP contribution >= 0.6 is 0 Å². The van der Waals surface area contributed by atoms with Crippen molar-refractivity contribution in [1.29, 1.82) is 0 Å². The summed E-state index contributed by atoms with van der Waals surface area (Å²) in [5.41, 5.74) is 1.16. The largest absolute Gasteiger partial charge is 0.316 e. The van der Waals surface area contributed by atoms with Crippen LogP contribution in [0.5, 0.6) is 0 Å². The third kappa shape index (κ3) is 3.05. The van der Waals surface area contributed by atoms with Crippen LogP contribution in [0.4, 0.5) is 0 Å². The molecular formula is C13H24N4O2S. The second-order valence-electron chi connectivity index (χ2n) is 5.43. The van der Waals surface area contributed by atoms with E-state index in [1.165, 1.54) is 0 Å². The van der Waals surface area contributed by atoms with Gasteiger partial charge in [-0.15, -0.1) is 0 Å². The van der Waals surface area contributed by atoms with Crippen molar-refractivity contribution in [2.24, 2.45) is 5.92 Å². The third-order valence-electron chi connectivity index (χ3n) is 3.87. The molecular weight excluding hydrogens is 276 g/mol. The summed E-state index contributed by atoms with van der Waals surface area (Å²) in [5, 5.41) is 10.1. The molecule has 1 aliphatic rings. The number of piperidine rings is 1.